The highest BCUT2D eigenvalue weighted by molar-refractivity contribution is 6.34. The highest BCUT2D eigenvalue weighted by atomic mass is 35.5. The standard InChI is InChI=1S/C14H17Cl2N3O/c1-19(7-10-5-8-2-3-9(10)4-8)14(20)11-6-12(15)17-18-13(11)16/h6,8-10H,2-5,7H2,1H3. The number of amides is 1. The minimum Gasteiger partial charge on any atom is -0.341 e. The average molecular weight is 314 g/mol. The van der Waals surface area contributed by atoms with E-state index in [1.807, 2.05) is 7.05 Å². The molecule has 20 heavy (non-hydrogen) atoms. The molecule has 2 aliphatic rings. The van der Waals surface area contributed by atoms with Crippen molar-refractivity contribution in [3.63, 3.8) is 0 Å². The Labute approximate surface area is 128 Å². The smallest absolute Gasteiger partial charge is 0.256 e. The van der Waals surface area contributed by atoms with Crippen molar-refractivity contribution in [3.8, 4) is 0 Å². The van der Waals surface area contributed by atoms with Crippen LogP contribution in [0.25, 0.3) is 0 Å². The minimum atomic E-state index is -0.130. The highest BCUT2D eigenvalue weighted by Crippen LogP contribution is 2.48. The van der Waals surface area contributed by atoms with E-state index in [1.165, 1.54) is 31.7 Å². The normalized spacial score (nSPS) is 27.9. The van der Waals surface area contributed by atoms with Gasteiger partial charge in [-0.05, 0) is 43.1 Å². The van der Waals surface area contributed by atoms with Crippen LogP contribution in [0.2, 0.25) is 10.3 Å². The Morgan fingerprint density at radius 1 is 1.35 bits per heavy atom. The largest absolute Gasteiger partial charge is 0.341 e. The number of carbonyl (C=O) groups is 1. The summed E-state index contributed by atoms with van der Waals surface area (Å²) in [6, 6.07) is 1.48. The van der Waals surface area contributed by atoms with Gasteiger partial charge in [-0.1, -0.05) is 29.6 Å². The molecular formula is C14H17Cl2N3O. The Balaban J connectivity index is 1.69. The van der Waals surface area contributed by atoms with Crippen molar-refractivity contribution in [2.75, 3.05) is 13.6 Å². The third-order valence-electron chi connectivity index (χ3n) is 4.69. The number of rotatable bonds is 3. The summed E-state index contributed by atoms with van der Waals surface area (Å²) in [6.07, 6.45) is 5.29. The van der Waals surface area contributed by atoms with E-state index in [4.69, 9.17) is 23.2 Å². The van der Waals surface area contributed by atoms with Crippen LogP contribution in [-0.2, 0) is 0 Å². The number of hydrogen-bond acceptors (Lipinski definition) is 3. The van der Waals surface area contributed by atoms with Gasteiger partial charge in [0, 0.05) is 13.6 Å². The number of fused-ring (bicyclic) bond motifs is 2. The molecule has 2 saturated carbocycles. The topological polar surface area (TPSA) is 46.1 Å². The fourth-order valence-electron chi connectivity index (χ4n) is 3.74. The van der Waals surface area contributed by atoms with E-state index in [-0.39, 0.29) is 16.2 Å². The Hall–Kier alpha value is -0.870. The van der Waals surface area contributed by atoms with Crippen molar-refractivity contribution in [1.82, 2.24) is 15.1 Å². The second-order valence-corrected chi connectivity index (χ2v) is 6.74. The van der Waals surface area contributed by atoms with Crippen molar-refractivity contribution in [2.45, 2.75) is 25.7 Å². The van der Waals surface area contributed by atoms with Gasteiger partial charge in [0.05, 0.1) is 5.56 Å². The van der Waals surface area contributed by atoms with Crippen LogP contribution in [0.15, 0.2) is 6.07 Å². The van der Waals surface area contributed by atoms with Crippen LogP contribution in [-0.4, -0.2) is 34.6 Å². The molecule has 3 atom stereocenters. The fraction of sp³-hybridized carbons (Fsp3) is 0.643. The molecule has 1 aromatic rings. The molecule has 1 heterocycles. The first kappa shape index (κ1) is 14.1. The molecule has 0 spiro atoms. The monoisotopic (exact) mass is 313 g/mol. The molecule has 0 radical (unpaired) electrons. The summed E-state index contributed by atoms with van der Waals surface area (Å²) in [6.45, 7) is 0.788. The zero-order valence-electron chi connectivity index (χ0n) is 11.4. The van der Waals surface area contributed by atoms with Crippen LogP contribution >= 0.6 is 23.2 Å². The second kappa shape index (κ2) is 5.49. The number of carbonyl (C=O) groups excluding carboxylic acids is 1. The van der Waals surface area contributed by atoms with Gasteiger partial charge in [-0.3, -0.25) is 4.79 Å². The Kier molecular flexibility index (Phi) is 3.87. The van der Waals surface area contributed by atoms with Crippen LogP contribution in [0, 0.1) is 17.8 Å². The summed E-state index contributed by atoms with van der Waals surface area (Å²) < 4.78 is 0. The SMILES string of the molecule is CN(CC1CC2CCC1C2)C(=O)c1cc(Cl)nnc1Cl. The number of halogens is 2. The maximum atomic E-state index is 12.4. The maximum Gasteiger partial charge on any atom is 0.256 e. The second-order valence-electron chi connectivity index (χ2n) is 5.99. The molecule has 0 N–H and O–H groups in total. The number of hydrogen-bond donors (Lipinski definition) is 0. The minimum absolute atomic E-state index is 0.110. The molecule has 2 aliphatic carbocycles. The van der Waals surface area contributed by atoms with Gasteiger partial charge in [0.1, 0.15) is 0 Å². The lowest BCUT2D eigenvalue weighted by Gasteiger charge is -2.27. The van der Waals surface area contributed by atoms with Crippen molar-refractivity contribution in [1.29, 1.82) is 0 Å². The molecule has 3 rings (SSSR count). The van der Waals surface area contributed by atoms with Crippen LogP contribution in [0.1, 0.15) is 36.0 Å². The molecule has 2 fully saturated rings. The van der Waals surface area contributed by atoms with E-state index in [1.54, 1.807) is 4.90 Å². The first-order valence-corrected chi connectivity index (χ1v) is 7.74. The lowest BCUT2D eigenvalue weighted by molar-refractivity contribution is 0.0754. The van der Waals surface area contributed by atoms with Gasteiger partial charge < -0.3 is 4.90 Å². The molecule has 0 aliphatic heterocycles. The maximum absolute atomic E-state index is 12.4. The van der Waals surface area contributed by atoms with E-state index >= 15 is 0 Å². The molecule has 3 unspecified atom stereocenters. The highest BCUT2D eigenvalue weighted by Gasteiger charge is 2.40. The third kappa shape index (κ3) is 2.63. The van der Waals surface area contributed by atoms with Crippen LogP contribution in [0.3, 0.4) is 0 Å². The molecule has 2 bridgehead atoms. The van der Waals surface area contributed by atoms with Gasteiger partial charge in [-0.15, -0.1) is 10.2 Å². The lowest BCUT2D eigenvalue weighted by atomic mass is 9.88. The Bertz CT molecular complexity index is 537. The summed E-state index contributed by atoms with van der Waals surface area (Å²) in [5, 5.41) is 7.61. The van der Waals surface area contributed by atoms with Gasteiger partial charge in [0.2, 0.25) is 0 Å². The molecule has 1 aromatic heterocycles. The van der Waals surface area contributed by atoms with E-state index < -0.39 is 0 Å². The van der Waals surface area contributed by atoms with E-state index in [2.05, 4.69) is 10.2 Å². The van der Waals surface area contributed by atoms with E-state index in [0.717, 1.165) is 18.4 Å². The van der Waals surface area contributed by atoms with Crippen molar-refractivity contribution in [2.24, 2.45) is 17.8 Å². The number of aromatic nitrogens is 2. The van der Waals surface area contributed by atoms with Crippen LogP contribution in [0.5, 0.6) is 0 Å². The van der Waals surface area contributed by atoms with Gasteiger partial charge >= 0.3 is 0 Å². The molecule has 108 valence electrons. The molecule has 1 amide bonds. The van der Waals surface area contributed by atoms with Crippen molar-refractivity contribution < 1.29 is 4.79 Å². The van der Waals surface area contributed by atoms with E-state index in [9.17, 15) is 4.79 Å². The van der Waals surface area contributed by atoms with Crippen molar-refractivity contribution in [3.05, 3.63) is 21.9 Å². The zero-order chi connectivity index (χ0) is 14.3. The van der Waals surface area contributed by atoms with Gasteiger partial charge in [0.15, 0.2) is 10.3 Å². The summed E-state index contributed by atoms with van der Waals surface area (Å²) in [5.74, 6) is 2.18. The van der Waals surface area contributed by atoms with Crippen LogP contribution in [0.4, 0.5) is 0 Å². The first-order valence-electron chi connectivity index (χ1n) is 6.98. The average Bonchev–Trinajstić information content (AvgIpc) is 3.03. The lowest BCUT2D eigenvalue weighted by Crippen LogP contribution is -2.34. The summed E-state index contributed by atoms with van der Waals surface area (Å²) >= 11 is 11.7. The molecular weight excluding hydrogens is 297 g/mol. The Morgan fingerprint density at radius 2 is 2.15 bits per heavy atom. The molecule has 0 saturated heterocycles. The predicted octanol–water partition coefficient (Wildman–Crippen LogP) is 3.29. The fourth-order valence-corrected chi connectivity index (χ4v) is 4.06. The summed E-state index contributed by atoms with van der Waals surface area (Å²) in [4.78, 5) is 14.2. The quantitative estimate of drug-likeness (QED) is 0.860. The molecule has 4 nitrogen and oxygen atoms in total. The van der Waals surface area contributed by atoms with Gasteiger partial charge in [0.25, 0.3) is 5.91 Å². The number of nitrogens with zero attached hydrogens (tertiary/aromatic N) is 3. The van der Waals surface area contributed by atoms with Crippen molar-refractivity contribution >= 4 is 29.1 Å². The summed E-state index contributed by atoms with van der Waals surface area (Å²) in [7, 11) is 1.82. The van der Waals surface area contributed by atoms with Gasteiger partial charge in [-0.2, -0.15) is 0 Å². The summed E-state index contributed by atoms with van der Waals surface area (Å²) in [5.41, 5.74) is 0.331. The predicted molar refractivity (Wildman–Crippen MR) is 78.0 cm³/mol. The molecule has 0 aromatic carbocycles. The van der Waals surface area contributed by atoms with E-state index in [0.29, 0.717) is 11.5 Å². The molecule has 6 heteroatoms. The zero-order valence-corrected chi connectivity index (χ0v) is 12.9. The third-order valence-corrected chi connectivity index (χ3v) is 5.15. The van der Waals surface area contributed by atoms with Gasteiger partial charge in [-0.25, -0.2) is 0 Å². The first-order chi connectivity index (χ1) is 9.54. The Morgan fingerprint density at radius 3 is 2.80 bits per heavy atom. The van der Waals surface area contributed by atoms with Crippen LogP contribution < -0.4 is 0 Å².